The first kappa shape index (κ1) is 47.7. The molecule has 0 bridgehead atoms. The van der Waals surface area contributed by atoms with E-state index in [0.29, 0.717) is 0 Å². The van der Waals surface area contributed by atoms with E-state index in [-0.39, 0.29) is 0 Å². The van der Waals surface area contributed by atoms with Crippen molar-refractivity contribution in [3.63, 3.8) is 0 Å². The van der Waals surface area contributed by atoms with Crippen LogP contribution < -0.4 is 9.80 Å². The molecule has 0 atom stereocenters. The summed E-state index contributed by atoms with van der Waals surface area (Å²) in [4.78, 5) is 4.76. The lowest BCUT2D eigenvalue weighted by atomic mass is 9.65. The molecule has 1 aromatic heterocycles. The van der Waals surface area contributed by atoms with Gasteiger partial charge in [-0.1, -0.05) is 255 Å². The molecule has 0 saturated heterocycles. The molecular formula is C75H57N3. The third-order valence-electron chi connectivity index (χ3n) is 15.9. The molecule has 0 radical (unpaired) electrons. The van der Waals surface area contributed by atoms with Gasteiger partial charge in [0.1, 0.15) is 0 Å². The van der Waals surface area contributed by atoms with Gasteiger partial charge in [0.25, 0.3) is 0 Å². The van der Waals surface area contributed by atoms with Crippen molar-refractivity contribution in [3.8, 4) is 0 Å². The van der Waals surface area contributed by atoms with Crippen LogP contribution in [0.1, 0.15) is 44.5 Å². The van der Waals surface area contributed by atoms with Crippen LogP contribution in [0.15, 0.2) is 328 Å². The Balaban J connectivity index is 0.909. The monoisotopic (exact) mass is 999 g/mol. The highest BCUT2D eigenvalue weighted by molar-refractivity contribution is 6.10. The quantitative estimate of drug-likeness (QED) is 0.101. The fraction of sp³-hybridized carbons (Fsp3) is 0.0400. The summed E-state index contributed by atoms with van der Waals surface area (Å²) in [5.74, 6) is 0. The third-order valence-corrected chi connectivity index (χ3v) is 15.9. The van der Waals surface area contributed by atoms with E-state index in [2.05, 4.69) is 349 Å². The number of rotatable bonds is 14. The van der Waals surface area contributed by atoms with Crippen molar-refractivity contribution in [1.82, 2.24) is 4.57 Å². The predicted octanol–water partition coefficient (Wildman–Crippen LogP) is 19.0. The van der Waals surface area contributed by atoms with Gasteiger partial charge in [0.05, 0.1) is 21.9 Å². The lowest BCUT2D eigenvalue weighted by molar-refractivity contribution is 0.745. The Hall–Kier alpha value is -9.96. The molecule has 0 fully saturated rings. The van der Waals surface area contributed by atoms with Crippen LogP contribution in [0.4, 0.5) is 34.1 Å². The smallest absolute Gasteiger partial charge is 0.0701 e. The van der Waals surface area contributed by atoms with Gasteiger partial charge in [-0.15, -0.1) is 0 Å². The van der Waals surface area contributed by atoms with Crippen molar-refractivity contribution in [1.29, 1.82) is 0 Å². The summed E-state index contributed by atoms with van der Waals surface area (Å²) < 4.78 is 2.36. The molecular weight excluding hydrogens is 943 g/mol. The van der Waals surface area contributed by atoms with Gasteiger partial charge < -0.3 is 14.4 Å². The van der Waals surface area contributed by atoms with Crippen molar-refractivity contribution in [2.75, 3.05) is 9.80 Å². The van der Waals surface area contributed by atoms with Gasteiger partial charge in [-0.2, -0.15) is 0 Å². The summed E-state index contributed by atoms with van der Waals surface area (Å²) in [5, 5.41) is 2.42. The minimum absolute atomic E-state index is 0.542. The molecule has 0 amide bonds. The number of aromatic nitrogens is 1. The molecule has 0 aliphatic heterocycles. The molecule has 0 N–H and O–H groups in total. The molecule has 0 aliphatic rings. The molecule has 78 heavy (non-hydrogen) atoms. The molecule has 13 rings (SSSR count). The third kappa shape index (κ3) is 8.25. The Morgan fingerprint density at radius 1 is 0.218 bits per heavy atom. The Bertz CT molecular complexity index is 3630. The number of anilines is 6. The van der Waals surface area contributed by atoms with E-state index in [0.717, 1.165) is 45.2 Å². The van der Waals surface area contributed by atoms with E-state index in [1.165, 1.54) is 55.3 Å². The summed E-state index contributed by atoms with van der Waals surface area (Å²) in [6, 6.07) is 119. The summed E-state index contributed by atoms with van der Waals surface area (Å²) in [5.41, 5.74) is 17.4. The molecule has 0 spiro atoms. The zero-order valence-corrected chi connectivity index (χ0v) is 43.5. The highest BCUT2D eigenvalue weighted by Crippen LogP contribution is 2.49. The molecule has 372 valence electrons. The largest absolute Gasteiger partial charge is 0.343 e. The molecule has 0 unspecified atom stereocenters. The van der Waals surface area contributed by atoms with Gasteiger partial charge in [-0.25, -0.2) is 0 Å². The molecule has 3 heteroatoms. The lowest BCUT2D eigenvalue weighted by Crippen LogP contribution is -2.31. The Kier molecular flexibility index (Phi) is 12.6. The summed E-state index contributed by atoms with van der Waals surface area (Å²) in [6.07, 6.45) is 0. The van der Waals surface area contributed by atoms with Crippen LogP contribution in [-0.4, -0.2) is 4.57 Å². The van der Waals surface area contributed by atoms with E-state index in [4.69, 9.17) is 0 Å². The average Bonchev–Trinajstić information content (AvgIpc) is 3.98. The molecule has 0 aliphatic carbocycles. The minimum atomic E-state index is -0.542. The van der Waals surface area contributed by atoms with Gasteiger partial charge >= 0.3 is 0 Å². The van der Waals surface area contributed by atoms with Crippen LogP contribution in [0.3, 0.4) is 0 Å². The number of aryl methyl sites for hydroxylation is 1. The molecule has 0 saturated carbocycles. The standard InChI is InChI=1S/C75H57N3/c1-76-72-54-68(77(64-38-22-8-23-39-64)66-46-42-62(43-47-66)74(56-26-10-2-11-27-56,57-28-12-3-13-29-57)58-30-14-4-15-31-58)50-52-70(72)71-53-51-69(55-73(71)76)78(65-40-24-9-25-41-65)67-48-44-63(45-49-67)75(59-32-16-5-17-33-59,60-34-18-6-19-35-60)61-36-20-7-21-37-61/h2-55H,1H3. The van der Waals surface area contributed by atoms with Crippen LogP contribution in [-0.2, 0) is 17.9 Å². The number of hydrogen-bond donors (Lipinski definition) is 0. The summed E-state index contributed by atoms with van der Waals surface area (Å²) >= 11 is 0. The second-order valence-electron chi connectivity index (χ2n) is 20.1. The van der Waals surface area contributed by atoms with Crippen molar-refractivity contribution >= 4 is 55.9 Å². The lowest BCUT2D eigenvalue weighted by Gasteiger charge is -2.37. The minimum Gasteiger partial charge on any atom is -0.343 e. The predicted molar refractivity (Wildman–Crippen MR) is 326 cm³/mol. The number of fused-ring (bicyclic) bond motifs is 3. The van der Waals surface area contributed by atoms with E-state index in [1.807, 2.05) is 0 Å². The second kappa shape index (κ2) is 20.6. The zero-order valence-electron chi connectivity index (χ0n) is 43.5. The van der Waals surface area contributed by atoms with E-state index in [9.17, 15) is 0 Å². The van der Waals surface area contributed by atoms with Crippen molar-refractivity contribution in [2.24, 2.45) is 7.05 Å². The Labute approximate surface area is 457 Å². The van der Waals surface area contributed by atoms with Crippen LogP contribution in [0.25, 0.3) is 21.8 Å². The average molecular weight is 1000 g/mol. The maximum atomic E-state index is 2.38. The van der Waals surface area contributed by atoms with Crippen LogP contribution in [0, 0.1) is 0 Å². The Morgan fingerprint density at radius 2 is 0.423 bits per heavy atom. The Morgan fingerprint density at radius 3 is 0.679 bits per heavy atom. The first-order valence-electron chi connectivity index (χ1n) is 26.9. The van der Waals surface area contributed by atoms with Gasteiger partial charge in [-0.3, -0.25) is 0 Å². The maximum absolute atomic E-state index is 2.38. The molecule has 1 heterocycles. The first-order valence-corrected chi connectivity index (χ1v) is 26.9. The highest BCUT2D eigenvalue weighted by Gasteiger charge is 2.40. The van der Waals surface area contributed by atoms with Crippen LogP contribution in [0.5, 0.6) is 0 Å². The molecule has 3 nitrogen and oxygen atoms in total. The number of hydrogen-bond acceptors (Lipinski definition) is 2. The fourth-order valence-corrected chi connectivity index (χ4v) is 12.4. The normalized spacial score (nSPS) is 11.7. The summed E-state index contributed by atoms with van der Waals surface area (Å²) in [6.45, 7) is 0. The van der Waals surface area contributed by atoms with Gasteiger partial charge in [0, 0.05) is 51.9 Å². The topological polar surface area (TPSA) is 11.4 Å². The number of para-hydroxylation sites is 2. The van der Waals surface area contributed by atoms with Gasteiger partial charge in [-0.05, 0) is 117 Å². The zero-order chi connectivity index (χ0) is 52.3. The van der Waals surface area contributed by atoms with E-state index >= 15 is 0 Å². The van der Waals surface area contributed by atoms with Crippen molar-refractivity contribution < 1.29 is 0 Å². The van der Waals surface area contributed by atoms with Gasteiger partial charge in [0.15, 0.2) is 0 Å². The van der Waals surface area contributed by atoms with Gasteiger partial charge in [0.2, 0.25) is 0 Å². The van der Waals surface area contributed by atoms with E-state index in [1.54, 1.807) is 0 Å². The van der Waals surface area contributed by atoms with Crippen LogP contribution in [0.2, 0.25) is 0 Å². The number of benzene rings is 12. The summed E-state index contributed by atoms with van der Waals surface area (Å²) in [7, 11) is 2.20. The SMILES string of the molecule is Cn1c2cc(N(c3ccccc3)c3ccc(C(c4ccccc4)(c4ccccc4)c4ccccc4)cc3)ccc2c2ccc(N(c3ccccc3)c3ccc(C(c4ccccc4)(c4ccccc4)c4ccccc4)cc3)cc21. The molecule has 13 aromatic rings. The van der Waals surface area contributed by atoms with E-state index < -0.39 is 10.8 Å². The molecule has 12 aromatic carbocycles. The second-order valence-corrected chi connectivity index (χ2v) is 20.1. The first-order chi connectivity index (χ1) is 38.6. The maximum Gasteiger partial charge on any atom is 0.0701 e. The van der Waals surface area contributed by atoms with Crippen molar-refractivity contribution in [2.45, 2.75) is 10.8 Å². The number of nitrogens with zero attached hydrogens (tertiary/aromatic N) is 3. The highest BCUT2D eigenvalue weighted by atomic mass is 15.2. The van der Waals surface area contributed by atoms with Crippen LogP contribution >= 0.6 is 0 Å². The fourth-order valence-electron chi connectivity index (χ4n) is 12.4. The van der Waals surface area contributed by atoms with Crippen molar-refractivity contribution in [3.05, 3.63) is 372 Å².